The van der Waals surface area contributed by atoms with Crippen LogP contribution in [0.4, 0.5) is 5.69 Å². The summed E-state index contributed by atoms with van der Waals surface area (Å²) in [5.74, 6) is 0. The zero-order valence-corrected chi connectivity index (χ0v) is 12.5. The molecule has 1 unspecified atom stereocenters. The van der Waals surface area contributed by atoms with E-state index in [1.807, 2.05) is 0 Å². The van der Waals surface area contributed by atoms with Gasteiger partial charge in [0.1, 0.15) is 0 Å². The van der Waals surface area contributed by atoms with Gasteiger partial charge in [-0.05, 0) is 62.9 Å². The summed E-state index contributed by atoms with van der Waals surface area (Å²) in [5.41, 5.74) is 7.93. The molecule has 0 radical (unpaired) electrons. The van der Waals surface area contributed by atoms with E-state index in [1.165, 1.54) is 33.5 Å². The Kier molecular flexibility index (Phi) is 3.94. The molecule has 0 saturated heterocycles. The molecule has 2 aromatic rings. The predicted octanol–water partition coefficient (Wildman–Crippen LogP) is 5.09. The maximum atomic E-state index is 3.63. The van der Waals surface area contributed by atoms with Crippen LogP contribution >= 0.6 is 0 Å². The van der Waals surface area contributed by atoms with Gasteiger partial charge in [-0.2, -0.15) is 0 Å². The molecule has 0 aliphatic rings. The van der Waals surface area contributed by atoms with E-state index in [4.69, 9.17) is 0 Å². The summed E-state index contributed by atoms with van der Waals surface area (Å²) < 4.78 is 0. The third-order valence-electron chi connectivity index (χ3n) is 3.87. The van der Waals surface area contributed by atoms with Crippen LogP contribution in [0.1, 0.15) is 40.8 Å². The minimum Gasteiger partial charge on any atom is -0.378 e. The fourth-order valence-electron chi connectivity index (χ4n) is 2.53. The summed E-state index contributed by atoms with van der Waals surface area (Å²) >= 11 is 0. The van der Waals surface area contributed by atoms with E-state index in [0.717, 1.165) is 0 Å². The Morgan fingerprint density at radius 3 is 2.32 bits per heavy atom. The Bertz CT molecular complexity index is 584. The third kappa shape index (κ3) is 2.98. The molecule has 1 atom stereocenters. The highest BCUT2D eigenvalue weighted by Gasteiger charge is 2.10. The first-order valence-corrected chi connectivity index (χ1v) is 6.89. The van der Waals surface area contributed by atoms with Gasteiger partial charge < -0.3 is 5.32 Å². The van der Waals surface area contributed by atoms with Gasteiger partial charge in [-0.3, -0.25) is 0 Å². The lowest BCUT2D eigenvalue weighted by molar-refractivity contribution is 0.870. The molecule has 0 aliphatic heterocycles. The molecular weight excluding hydrogens is 230 g/mol. The Hall–Kier alpha value is -1.76. The molecule has 1 nitrogen and oxygen atoms in total. The maximum Gasteiger partial charge on any atom is 0.0488 e. The van der Waals surface area contributed by atoms with Crippen molar-refractivity contribution in [1.82, 2.24) is 0 Å². The lowest BCUT2D eigenvalue weighted by Gasteiger charge is -2.20. The van der Waals surface area contributed by atoms with Crippen molar-refractivity contribution in [1.29, 1.82) is 0 Å². The van der Waals surface area contributed by atoms with Crippen molar-refractivity contribution in [2.24, 2.45) is 0 Å². The van der Waals surface area contributed by atoms with E-state index < -0.39 is 0 Å². The van der Waals surface area contributed by atoms with Gasteiger partial charge in [0.15, 0.2) is 0 Å². The van der Waals surface area contributed by atoms with E-state index >= 15 is 0 Å². The molecule has 0 fully saturated rings. The van der Waals surface area contributed by atoms with Crippen molar-refractivity contribution in [3.63, 3.8) is 0 Å². The van der Waals surface area contributed by atoms with Crippen molar-refractivity contribution < 1.29 is 0 Å². The number of anilines is 1. The lowest BCUT2D eigenvalue weighted by atomic mass is 9.99. The summed E-state index contributed by atoms with van der Waals surface area (Å²) in [5, 5.41) is 3.63. The van der Waals surface area contributed by atoms with E-state index in [2.05, 4.69) is 76.3 Å². The van der Waals surface area contributed by atoms with Gasteiger partial charge >= 0.3 is 0 Å². The molecule has 2 aromatic carbocycles. The Balaban J connectivity index is 2.25. The van der Waals surface area contributed by atoms with E-state index in [-0.39, 0.29) is 0 Å². The van der Waals surface area contributed by atoms with E-state index in [0.29, 0.717) is 6.04 Å². The largest absolute Gasteiger partial charge is 0.378 e. The van der Waals surface area contributed by atoms with Crippen molar-refractivity contribution in [2.75, 3.05) is 5.32 Å². The normalized spacial score (nSPS) is 12.3. The minimum atomic E-state index is 0.320. The first kappa shape index (κ1) is 13.7. The lowest BCUT2D eigenvalue weighted by Crippen LogP contribution is -2.09. The average molecular weight is 253 g/mol. The monoisotopic (exact) mass is 253 g/mol. The predicted molar refractivity (Wildman–Crippen MR) is 83.9 cm³/mol. The van der Waals surface area contributed by atoms with Crippen LogP contribution in [-0.2, 0) is 0 Å². The summed E-state index contributed by atoms with van der Waals surface area (Å²) in [7, 11) is 0. The quantitative estimate of drug-likeness (QED) is 0.803. The molecule has 1 N–H and O–H groups in total. The zero-order chi connectivity index (χ0) is 14.0. The zero-order valence-electron chi connectivity index (χ0n) is 12.5. The molecule has 0 bridgehead atoms. The van der Waals surface area contributed by atoms with Crippen molar-refractivity contribution in [2.45, 2.75) is 40.7 Å². The number of benzene rings is 2. The fourth-order valence-corrected chi connectivity index (χ4v) is 2.53. The fraction of sp³-hybridized carbons (Fsp3) is 0.333. The SMILES string of the molecule is Cc1ccc(C(C)Nc2cccc(C)c2C)c(C)c1. The Morgan fingerprint density at radius 1 is 0.895 bits per heavy atom. The van der Waals surface area contributed by atoms with Crippen LogP contribution in [0.15, 0.2) is 36.4 Å². The average Bonchev–Trinajstić information content (AvgIpc) is 2.34. The summed E-state index contributed by atoms with van der Waals surface area (Å²) in [6.45, 7) is 10.9. The Morgan fingerprint density at radius 2 is 1.63 bits per heavy atom. The Labute approximate surface area is 116 Å². The number of rotatable bonds is 3. The highest BCUT2D eigenvalue weighted by atomic mass is 14.9. The smallest absolute Gasteiger partial charge is 0.0488 e. The topological polar surface area (TPSA) is 12.0 Å². The van der Waals surface area contributed by atoms with Crippen LogP contribution in [0.3, 0.4) is 0 Å². The molecule has 0 amide bonds. The van der Waals surface area contributed by atoms with E-state index in [1.54, 1.807) is 0 Å². The molecular formula is C18H23N. The number of aryl methyl sites for hydroxylation is 3. The highest BCUT2D eigenvalue weighted by molar-refractivity contribution is 5.55. The second-order valence-electron chi connectivity index (χ2n) is 5.47. The van der Waals surface area contributed by atoms with Crippen LogP contribution in [0, 0.1) is 27.7 Å². The number of nitrogens with one attached hydrogen (secondary N) is 1. The summed E-state index contributed by atoms with van der Waals surface area (Å²) in [4.78, 5) is 0. The van der Waals surface area contributed by atoms with Gasteiger partial charge in [-0.25, -0.2) is 0 Å². The molecule has 0 heterocycles. The summed E-state index contributed by atoms with van der Waals surface area (Å²) in [6, 6.07) is 13.4. The van der Waals surface area contributed by atoms with Gasteiger partial charge in [-0.15, -0.1) is 0 Å². The molecule has 0 aliphatic carbocycles. The molecule has 1 heteroatoms. The van der Waals surface area contributed by atoms with Crippen LogP contribution in [-0.4, -0.2) is 0 Å². The second-order valence-corrected chi connectivity index (χ2v) is 5.47. The maximum absolute atomic E-state index is 3.63. The molecule has 100 valence electrons. The summed E-state index contributed by atoms with van der Waals surface area (Å²) in [6.07, 6.45) is 0. The van der Waals surface area contributed by atoms with Crippen LogP contribution in [0.2, 0.25) is 0 Å². The highest BCUT2D eigenvalue weighted by Crippen LogP contribution is 2.26. The number of hydrogen-bond acceptors (Lipinski definition) is 1. The molecule has 0 aromatic heterocycles. The van der Waals surface area contributed by atoms with Gasteiger partial charge in [-0.1, -0.05) is 35.9 Å². The van der Waals surface area contributed by atoms with Crippen LogP contribution in [0.5, 0.6) is 0 Å². The first-order chi connectivity index (χ1) is 8.99. The third-order valence-corrected chi connectivity index (χ3v) is 3.87. The van der Waals surface area contributed by atoms with Crippen LogP contribution < -0.4 is 5.32 Å². The number of hydrogen-bond donors (Lipinski definition) is 1. The van der Waals surface area contributed by atoms with Crippen LogP contribution in [0.25, 0.3) is 0 Å². The van der Waals surface area contributed by atoms with E-state index in [9.17, 15) is 0 Å². The van der Waals surface area contributed by atoms with Gasteiger partial charge in [0.2, 0.25) is 0 Å². The van der Waals surface area contributed by atoms with Crippen molar-refractivity contribution in [3.05, 3.63) is 64.2 Å². The first-order valence-electron chi connectivity index (χ1n) is 6.89. The second kappa shape index (κ2) is 5.48. The van der Waals surface area contributed by atoms with Gasteiger partial charge in [0, 0.05) is 11.7 Å². The molecule has 2 rings (SSSR count). The minimum absolute atomic E-state index is 0.320. The molecule has 19 heavy (non-hydrogen) atoms. The standard InChI is InChI=1S/C18H23N/c1-12-9-10-17(14(3)11-12)16(5)19-18-8-6-7-13(2)15(18)4/h6-11,16,19H,1-5H3. The van der Waals surface area contributed by atoms with Gasteiger partial charge in [0.05, 0.1) is 0 Å². The van der Waals surface area contributed by atoms with Crippen molar-refractivity contribution >= 4 is 5.69 Å². The van der Waals surface area contributed by atoms with Gasteiger partial charge in [0.25, 0.3) is 0 Å². The molecule has 0 saturated carbocycles. The van der Waals surface area contributed by atoms with Crippen molar-refractivity contribution in [3.8, 4) is 0 Å². The molecule has 0 spiro atoms.